The van der Waals surface area contributed by atoms with E-state index in [1.807, 2.05) is 32.0 Å². The molecular weight excluding hydrogens is 256 g/mol. The molecule has 0 amide bonds. The number of hydrogen-bond acceptors (Lipinski definition) is 4. The molecule has 2 aliphatic rings. The van der Waals surface area contributed by atoms with Crippen molar-refractivity contribution in [3.05, 3.63) is 35.9 Å². The lowest BCUT2D eigenvalue weighted by molar-refractivity contribution is -0.265. The van der Waals surface area contributed by atoms with Gasteiger partial charge < -0.3 is 18.9 Å². The highest BCUT2D eigenvalue weighted by Crippen LogP contribution is 2.42. The molecule has 2 heterocycles. The van der Waals surface area contributed by atoms with Crippen LogP contribution in [0.15, 0.2) is 30.3 Å². The van der Waals surface area contributed by atoms with Crippen LogP contribution in [0.5, 0.6) is 0 Å². The van der Waals surface area contributed by atoms with Crippen molar-refractivity contribution >= 4 is 0 Å². The Morgan fingerprint density at radius 1 is 1.25 bits per heavy atom. The lowest BCUT2D eigenvalue weighted by atomic mass is 9.97. The molecule has 0 aliphatic carbocycles. The summed E-state index contributed by atoms with van der Waals surface area (Å²) in [7, 11) is 1.69. The highest BCUT2D eigenvalue weighted by molar-refractivity contribution is 5.13. The quantitative estimate of drug-likeness (QED) is 0.848. The van der Waals surface area contributed by atoms with Gasteiger partial charge in [-0.05, 0) is 19.4 Å². The van der Waals surface area contributed by atoms with Gasteiger partial charge in [-0.15, -0.1) is 0 Å². The van der Waals surface area contributed by atoms with Crippen LogP contribution in [0.3, 0.4) is 0 Å². The van der Waals surface area contributed by atoms with Crippen molar-refractivity contribution in [1.29, 1.82) is 0 Å². The molecule has 1 aromatic carbocycles. The summed E-state index contributed by atoms with van der Waals surface area (Å²) in [5.74, 6) is -0.633. The van der Waals surface area contributed by atoms with Crippen molar-refractivity contribution in [3.8, 4) is 0 Å². The molecule has 2 fully saturated rings. The van der Waals surface area contributed by atoms with Gasteiger partial charge in [-0.3, -0.25) is 0 Å². The molecule has 4 nitrogen and oxygen atoms in total. The maximum atomic E-state index is 6.06. The average Bonchev–Trinajstić information content (AvgIpc) is 2.72. The standard InChI is InChI=1S/C16H22O4/c1-11-15-13(18-10-12-7-5-4-6-8-12)9-14(17-3)16(2,19-11)20-15/h4-8,11,13-15H,9-10H2,1-3H3/t11-,13+,14-,15-,16-/m1/s1. The van der Waals surface area contributed by atoms with Crippen LogP contribution in [0.4, 0.5) is 0 Å². The maximum Gasteiger partial charge on any atom is 0.192 e. The zero-order valence-corrected chi connectivity index (χ0v) is 12.2. The zero-order chi connectivity index (χ0) is 14.2. The summed E-state index contributed by atoms with van der Waals surface area (Å²) < 4.78 is 23.5. The second-order valence-electron chi connectivity index (χ2n) is 5.72. The fourth-order valence-electron chi connectivity index (χ4n) is 3.17. The fourth-order valence-corrected chi connectivity index (χ4v) is 3.17. The molecular formula is C16H22O4. The topological polar surface area (TPSA) is 36.9 Å². The van der Waals surface area contributed by atoms with E-state index in [0.29, 0.717) is 6.61 Å². The van der Waals surface area contributed by atoms with Gasteiger partial charge in [0.05, 0.1) is 18.8 Å². The number of hydrogen-bond donors (Lipinski definition) is 0. The predicted molar refractivity (Wildman–Crippen MR) is 74.3 cm³/mol. The van der Waals surface area contributed by atoms with Crippen molar-refractivity contribution in [3.63, 3.8) is 0 Å². The highest BCUT2D eigenvalue weighted by Gasteiger charge is 2.56. The van der Waals surface area contributed by atoms with Crippen molar-refractivity contribution in [2.45, 2.75) is 57.1 Å². The van der Waals surface area contributed by atoms with Crippen LogP contribution >= 0.6 is 0 Å². The SMILES string of the molecule is CO[C@@H]1C[C@H](OCc2ccccc2)[C@@H]2O[C@@]1(C)O[C@@H]2C. The molecule has 2 saturated heterocycles. The second-order valence-corrected chi connectivity index (χ2v) is 5.72. The third kappa shape index (κ3) is 2.49. The van der Waals surface area contributed by atoms with Gasteiger partial charge in [0, 0.05) is 13.5 Å². The monoisotopic (exact) mass is 278 g/mol. The maximum absolute atomic E-state index is 6.06. The van der Waals surface area contributed by atoms with E-state index in [1.165, 1.54) is 5.56 Å². The average molecular weight is 278 g/mol. The van der Waals surface area contributed by atoms with Crippen LogP contribution in [-0.2, 0) is 25.6 Å². The Morgan fingerprint density at radius 2 is 2.00 bits per heavy atom. The zero-order valence-electron chi connectivity index (χ0n) is 12.2. The van der Waals surface area contributed by atoms with Crippen LogP contribution in [0.2, 0.25) is 0 Å². The molecule has 2 aliphatic heterocycles. The molecule has 0 saturated carbocycles. The number of fused-ring (bicyclic) bond motifs is 2. The third-order valence-electron chi connectivity index (χ3n) is 4.24. The van der Waals surface area contributed by atoms with Crippen molar-refractivity contribution in [1.82, 2.24) is 0 Å². The molecule has 0 radical (unpaired) electrons. The van der Waals surface area contributed by atoms with Crippen LogP contribution < -0.4 is 0 Å². The Labute approximate surface area is 120 Å². The molecule has 3 rings (SSSR count). The normalized spacial score (nSPS) is 40.0. The first-order chi connectivity index (χ1) is 9.62. The Balaban J connectivity index is 1.67. The summed E-state index contributed by atoms with van der Waals surface area (Å²) in [4.78, 5) is 0. The van der Waals surface area contributed by atoms with Gasteiger partial charge in [0.25, 0.3) is 0 Å². The Bertz CT molecular complexity index is 449. The number of rotatable bonds is 4. The van der Waals surface area contributed by atoms with Crippen molar-refractivity contribution in [2.75, 3.05) is 7.11 Å². The van der Waals surface area contributed by atoms with E-state index in [4.69, 9.17) is 18.9 Å². The van der Waals surface area contributed by atoms with Gasteiger partial charge in [-0.2, -0.15) is 0 Å². The molecule has 0 unspecified atom stereocenters. The highest BCUT2D eigenvalue weighted by atomic mass is 16.8. The minimum Gasteiger partial charge on any atom is -0.376 e. The molecule has 5 atom stereocenters. The van der Waals surface area contributed by atoms with E-state index in [-0.39, 0.29) is 24.4 Å². The van der Waals surface area contributed by atoms with Gasteiger partial charge in [0.2, 0.25) is 0 Å². The van der Waals surface area contributed by atoms with Gasteiger partial charge in [0.1, 0.15) is 12.2 Å². The second kappa shape index (κ2) is 5.45. The smallest absolute Gasteiger partial charge is 0.192 e. The lowest BCUT2D eigenvalue weighted by Gasteiger charge is -2.39. The summed E-state index contributed by atoms with van der Waals surface area (Å²) in [6.45, 7) is 4.57. The molecule has 4 heteroatoms. The molecule has 0 spiro atoms. The number of benzene rings is 1. The molecule has 1 aromatic rings. The van der Waals surface area contributed by atoms with E-state index < -0.39 is 5.79 Å². The first-order valence-corrected chi connectivity index (χ1v) is 7.16. The van der Waals surface area contributed by atoms with Gasteiger partial charge in [-0.1, -0.05) is 30.3 Å². The van der Waals surface area contributed by atoms with Crippen molar-refractivity contribution < 1.29 is 18.9 Å². The van der Waals surface area contributed by atoms with Gasteiger partial charge in [0.15, 0.2) is 5.79 Å². The molecule has 0 N–H and O–H groups in total. The number of methoxy groups -OCH3 is 1. The summed E-state index contributed by atoms with van der Waals surface area (Å²) in [6.07, 6.45) is 0.723. The van der Waals surface area contributed by atoms with E-state index in [9.17, 15) is 0 Å². The van der Waals surface area contributed by atoms with E-state index >= 15 is 0 Å². The minimum absolute atomic E-state index is 0.00531. The lowest BCUT2D eigenvalue weighted by Crippen LogP contribution is -2.51. The Morgan fingerprint density at radius 3 is 2.70 bits per heavy atom. The Hall–Kier alpha value is -0.940. The van der Waals surface area contributed by atoms with E-state index in [1.54, 1.807) is 7.11 Å². The molecule has 0 aromatic heterocycles. The summed E-state index contributed by atoms with van der Waals surface area (Å²) in [5, 5.41) is 0. The predicted octanol–water partition coefficient (Wildman–Crippen LogP) is 2.51. The van der Waals surface area contributed by atoms with Crippen molar-refractivity contribution in [2.24, 2.45) is 0 Å². The first kappa shape index (κ1) is 14.0. The third-order valence-corrected chi connectivity index (χ3v) is 4.24. The summed E-state index contributed by atoms with van der Waals surface area (Å²) >= 11 is 0. The molecule has 2 bridgehead atoms. The van der Waals surface area contributed by atoms with Crippen LogP contribution in [0.25, 0.3) is 0 Å². The minimum atomic E-state index is -0.633. The Kier molecular flexibility index (Phi) is 3.82. The summed E-state index contributed by atoms with van der Waals surface area (Å²) in [5.41, 5.74) is 1.17. The van der Waals surface area contributed by atoms with Gasteiger partial charge in [-0.25, -0.2) is 0 Å². The largest absolute Gasteiger partial charge is 0.376 e. The van der Waals surface area contributed by atoms with E-state index in [0.717, 1.165) is 6.42 Å². The first-order valence-electron chi connectivity index (χ1n) is 7.16. The van der Waals surface area contributed by atoms with Crippen LogP contribution in [0.1, 0.15) is 25.8 Å². The summed E-state index contributed by atoms with van der Waals surface area (Å²) in [6, 6.07) is 10.2. The van der Waals surface area contributed by atoms with E-state index in [2.05, 4.69) is 12.1 Å². The van der Waals surface area contributed by atoms with Gasteiger partial charge >= 0.3 is 0 Å². The molecule has 20 heavy (non-hydrogen) atoms. The number of ether oxygens (including phenoxy) is 4. The van der Waals surface area contributed by atoms with Crippen LogP contribution in [0, 0.1) is 0 Å². The fraction of sp³-hybridized carbons (Fsp3) is 0.625. The molecule has 110 valence electrons. The van der Waals surface area contributed by atoms with Crippen LogP contribution in [-0.4, -0.2) is 37.3 Å².